The van der Waals surface area contributed by atoms with Gasteiger partial charge in [0.05, 0.1) is 5.69 Å². The quantitative estimate of drug-likeness (QED) is 0.813. The number of nitrogens with one attached hydrogen (secondary N) is 1. The Hall–Kier alpha value is -0.980. The minimum Gasteiger partial charge on any atom is -0.326 e. The first-order valence-corrected chi connectivity index (χ1v) is 6.21. The van der Waals surface area contributed by atoms with Gasteiger partial charge in [0.15, 0.2) is 5.13 Å². The molecule has 1 amide bonds. The lowest BCUT2D eigenvalue weighted by molar-refractivity contribution is -0.114. The van der Waals surface area contributed by atoms with E-state index in [1.807, 2.05) is 5.38 Å². The molecule has 0 radical (unpaired) electrons. The van der Waals surface area contributed by atoms with Gasteiger partial charge in [-0.3, -0.25) is 9.69 Å². The van der Waals surface area contributed by atoms with E-state index in [1.165, 1.54) is 18.3 Å². The third kappa shape index (κ3) is 3.01. The summed E-state index contributed by atoms with van der Waals surface area (Å²) in [5, 5.41) is 5.34. The molecule has 1 aromatic rings. The summed E-state index contributed by atoms with van der Waals surface area (Å²) in [6.45, 7) is 4.28. The molecule has 0 saturated carbocycles. The van der Waals surface area contributed by atoms with Crippen LogP contribution in [0, 0.1) is 0 Å². The summed E-state index contributed by atoms with van der Waals surface area (Å²) in [7, 11) is 0. The van der Waals surface area contributed by atoms with Crippen molar-refractivity contribution in [2.45, 2.75) is 25.9 Å². The highest BCUT2D eigenvalue weighted by atomic mass is 32.1. The number of carbonyl (C=O) groups is 1. The maximum Gasteiger partial charge on any atom is 0.223 e. The Morgan fingerprint density at radius 2 is 2.62 bits per heavy atom. The third-order valence-electron chi connectivity index (χ3n) is 2.53. The molecule has 1 atom stereocenters. The molecule has 0 aliphatic carbocycles. The van der Waals surface area contributed by atoms with E-state index in [9.17, 15) is 4.79 Å². The van der Waals surface area contributed by atoms with Crippen molar-refractivity contribution in [1.29, 1.82) is 0 Å². The lowest BCUT2D eigenvalue weighted by Gasteiger charge is -2.12. The van der Waals surface area contributed by atoms with Crippen molar-refractivity contribution in [3.63, 3.8) is 0 Å². The van der Waals surface area contributed by atoms with Gasteiger partial charge in [-0.2, -0.15) is 0 Å². The number of carbonyl (C=O) groups excluding carboxylic acids is 1. The highest BCUT2D eigenvalue weighted by Crippen LogP contribution is 2.18. The molecule has 5 nitrogen and oxygen atoms in total. The van der Waals surface area contributed by atoms with Crippen molar-refractivity contribution in [3.05, 3.63) is 11.1 Å². The Morgan fingerprint density at radius 3 is 3.25 bits per heavy atom. The number of nitrogens with two attached hydrogens (primary N) is 1. The van der Waals surface area contributed by atoms with E-state index in [0.717, 1.165) is 31.7 Å². The van der Waals surface area contributed by atoms with E-state index in [4.69, 9.17) is 5.73 Å². The highest BCUT2D eigenvalue weighted by molar-refractivity contribution is 7.13. The maximum atomic E-state index is 10.8. The molecule has 0 bridgehead atoms. The van der Waals surface area contributed by atoms with Crippen molar-refractivity contribution in [2.75, 3.05) is 18.4 Å². The Labute approximate surface area is 98.7 Å². The van der Waals surface area contributed by atoms with Gasteiger partial charge in [0, 0.05) is 38.0 Å². The fraction of sp³-hybridized carbons (Fsp3) is 0.600. The zero-order valence-corrected chi connectivity index (χ0v) is 10.1. The number of anilines is 1. The molecule has 2 heterocycles. The van der Waals surface area contributed by atoms with Gasteiger partial charge in [-0.25, -0.2) is 4.98 Å². The van der Waals surface area contributed by atoms with Gasteiger partial charge in [-0.15, -0.1) is 11.3 Å². The number of rotatable bonds is 3. The number of thiazole rings is 1. The predicted octanol–water partition coefficient (Wildman–Crippen LogP) is 0.634. The topological polar surface area (TPSA) is 71.2 Å². The number of amides is 1. The summed E-state index contributed by atoms with van der Waals surface area (Å²) in [5.41, 5.74) is 6.84. The summed E-state index contributed by atoms with van der Waals surface area (Å²) < 4.78 is 0. The SMILES string of the molecule is CC(=O)Nc1nc(CN2CCC(N)C2)cs1. The van der Waals surface area contributed by atoms with Crippen molar-refractivity contribution < 1.29 is 4.79 Å². The number of hydrogen-bond donors (Lipinski definition) is 2. The van der Waals surface area contributed by atoms with Crippen LogP contribution in [-0.2, 0) is 11.3 Å². The summed E-state index contributed by atoms with van der Waals surface area (Å²) in [6.07, 6.45) is 1.06. The van der Waals surface area contributed by atoms with Gasteiger partial charge in [0.25, 0.3) is 0 Å². The van der Waals surface area contributed by atoms with Crippen molar-refractivity contribution in [2.24, 2.45) is 5.73 Å². The van der Waals surface area contributed by atoms with E-state index in [2.05, 4.69) is 15.2 Å². The van der Waals surface area contributed by atoms with E-state index < -0.39 is 0 Å². The van der Waals surface area contributed by atoms with Crippen LogP contribution in [0.4, 0.5) is 5.13 Å². The zero-order valence-electron chi connectivity index (χ0n) is 9.27. The fourth-order valence-electron chi connectivity index (χ4n) is 1.82. The molecule has 1 aliphatic rings. The lowest BCUT2D eigenvalue weighted by Crippen LogP contribution is -2.26. The second-order valence-corrected chi connectivity index (χ2v) is 4.97. The minimum absolute atomic E-state index is 0.0795. The van der Waals surface area contributed by atoms with Crippen LogP contribution in [0.1, 0.15) is 19.0 Å². The first kappa shape index (κ1) is 11.5. The number of likely N-dealkylation sites (tertiary alicyclic amines) is 1. The van der Waals surface area contributed by atoms with Crippen molar-refractivity contribution >= 4 is 22.4 Å². The van der Waals surface area contributed by atoms with Crippen LogP contribution in [0.2, 0.25) is 0 Å². The first-order valence-electron chi connectivity index (χ1n) is 5.33. The number of nitrogens with zero attached hydrogens (tertiary/aromatic N) is 2. The molecule has 6 heteroatoms. The monoisotopic (exact) mass is 240 g/mol. The summed E-state index contributed by atoms with van der Waals surface area (Å²) in [5.74, 6) is -0.0795. The van der Waals surface area contributed by atoms with E-state index in [0.29, 0.717) is 11.2 Å². The van der Waals surface area contributed by atoms with Crippen LogP contribution in [-0.4, -0.2) is 34.9 Å². The third-order valence-corrected chi connectivity index (χ3v) is 3.34. The smallest absolute Gasteiger partial charge is 0.223 e. The van der Waals surface area contributed by atoms with Crippen molar-refractivity contribution in [3.8, 4) is 0 Å². The molecule has 88 valence electrons. The number of aromatic nitrogens is 1. The summed E-state index contributed by atoms with van der Waals surface area (Å²) >= 11 is 1.46. The second-order valence-electron chi connectivity index (χ2n) is 4.11. The molecular formula is C10H16N4OS. The Balaban J connectivity index is 1.90. The molecule has 2 rings (SSSR count). The highest BCUT2D eigenvalue weighted by Gasteiger charge is 2.19. The molecule has 1 aromatic heterocycles. The predicted molar refractivity (Wildman–Crippen MR) is 64.3 cm³/mol. The van der Waals surface area contributed by atoms with Gasteiger partial charge >= 0.3 is 0 Å². The van der Waals surface area contributed by atoms with Crippen LogP contribution in [0.5, 0.6) is 0 Å². The van der Waals surface area contributed by atoms with E-state index in [1.54, 1.807) is 0 Å². The van der Waals surface area contributed by atoms with Gasteiger partial charge < -0.3 is 11.1 Å². The Kier molecular flexibility index (Phi) is 3.52. The number of hydrogen-bond acceptors (Lipinski definition) is 5. The van der Waals surface area contributed by atoms with Crippen LogP contribution in [0.15, 0.2) is 5.38 Å². The molecule has 1 saturated heterocycles. The molecule has 1 unspecified atom stereocenters. The minimum atomic E-state index is -0.0795. The average molecular weight is 240 g/mol. The molecule has 1 aliphatic heterocycles. The molecular weight excluding hydrogens is 224 g/mol. The zero-order chi connectivity index (χ0) is 11.5. The average Bonchev–Trinajstić information content (AvgIpc) is 2.76. The van der Waals surface area contributed by atoms with Gasteiger partial charge in [0.2, 0.25) is 5.91 Å². The van der Waals surface area contributed by atoms with E-state index in [-0.39, 0.29) is 5.91 Å². The largest absolute Gasteiger partial charge is 0.326 e. The lowest BCUT2D eigenvalue weighted by atomic mass is 10.3. The maximum absolute atomic E-state index is 10.8. The van der Waals surface area contributed by atoms with Gasteiger partial charge in [-0.1, -0.05) is 0 Å². The summed E-state index contributed by atoms with van der Waals surface area (Å²) in [6, 6.07) is 0.299. The van der Waals surface area contributed by atoms with Gasteiger partial charge in [0.1, 0.15) is 0 Å². The normalized spacial score (nSPS) is 21.2. The van der Waals surface area contributed by atoms with Crippen LogP contribution >= 0.6 is 11.3 Å². The van der Waals surface area contributed by atoms with Crippen LogP contribution < -0.4 is 11.1 Å². The summed E-state index contributed by atoms with van der Waals surface area (Å²) in [4.78, 5) is 17.5. The molecule has 16 heavy (non-hydrogen) atoms. The standard InChI is InChI=1S/C10H16N4OS/c1-7(15)12-10-13-9(6-16-10)5-14-3-2-8(11)4-14/h6,8H,2-5,11H2,1H3,(H,12,13,15). The van der Waals surface area contributed by atoms with Crippen LogP contribution in [0.25, 0.3) is 0 Å². The van der Waals surface area contributed by atoms with Crippen molar-refractivity contribution in [1.82, 2.24) is 9.88 Å². The first-order chi connectivity index (χ1) is 7.63. The van der Waals surface area contributed by atoms with E-state index >= 15 is 0 Å². The second kappa shape index (κ2) is 4.90. The molecule has 0 spiro atoms. The molecule has 1 fully saturated rings. The molecule has 3 N–H and O–H groups in total. The van der Waals surface area contributed by atoms with Gasteiger partial charge in [-0.05, 0) is 6.42 Å². The Bertz CT molecular complexity index is 379. The van der Waals surface area contributed by atoms with Crippen LogP contribution in [0.3, 0.4) is 0 Å². The fourth-order valence-corrected chi connectivity index (χ4v) is 2.57. The Morgan fingerprint density at radius 1 is 1.81 bits per heavy atom. The molecule has 0 aromatic carbocycles.